The van der Waals surface area contributed by atoms with E-state index in [0.29, 0.717) is 0 Å². The zero-order valence-electron chi connectivity index (χ0n) is 9.49. The average Bonchev–Trinajstić information content (AvgIpc) is 2.25. The molecule has 2 aromatic rings. The minimum Gasteiger partial charge on any atom is -0.508 e. The summed E-state index contributed by atoms with van der Waals surface area (Å²) in [5, 5.41) is 12.5. The monoisotopic (exact) mass is 213 g/mol. The first-order valence-corrected chi connectivity index (χ1v) is 5.28. The minimum atomic E-state index is 0.283. The van der Waals surface area contributed by atoms with Crippen molar-refractivity contribution in [1.82, 2.24) is 0 Å². The van der Waals surface area contributed by atoms with E-state index in [0.717, 1.165) is 11.4 Å². The third-order valence-electron chi connectivity index (χ3n) is 2.53. The van der Waals surface area contributed by atoms with Gasteiger partial charge in [-0.3, -0.25) is 0 Å². The van der Waals surface area contributed by atoms with Crippen LogP contribution >= 0.6 is 0 Å². The maximum absolute atomic E-state index is 9.19. The van der Waals surface area contributed by atoms with Gasteiger partial charge >= 0.3 is 0 Å². The van der Waals surface area contributed by atoms with Gasteiger partial charge < -0.3 is 10.4 Å². The van der Waals surface area contributed by atoms with E-state index in [-0.39, 0.29) is 5.75 Å². The Morgan fingerprint density at radius 1 is 0.938 bits per heavy atom. The maximum atomic E-state index is 9.19. The largest absolute Gasteiger partial charge is 0.508 e. The lowest BCUT2D eigenvalue weighted by Crippen LogP contribution is -1.92. The van der Waals surface area contributed by atoms with Crippen molar-refractivity contribution in [3.63, 3.8) is 0 Å². The third kappa shape index (κ3) is 2.34. The maximum Gasteiger partial charge on any atom is 0.115 e. The Morgan fingerprint density at radius 3 is 2.25 bits per heavy atom. The normalized spacial score (nSPS) is 10.1. The van der Waals surface area contributed by atoms with Gasteiger partial charge in [0.15, 0.2) is 0 Å². The zero-order valence-corrected chi connectivity index (χ0v) is 9.49. The van der Waals surface area contributed by atoms with Crippen molar-refractivity contribution in [1.29, 1.82) is 0 Å². The van der Waals surface area contributed by atoms with E-state index in [1.807, 2.05) is 12.1 Å². The lowest BCUT2D eigenvalue weighted by Gasteiger charge is -2.10. The molecule has 0 aromatic heterocycles. The highest BCUT2D eigenvalue weighted by atomic mass is 16.3. The van der Waals surface area contributed by atoms with Gasteiger partial charge in [0, 0.05) is 11.4 Å². The van der Waals surface area contributed by atoms with Gasteiger partial charge in [-0.05, 0) is 49.7 Å². The SMILES string of the molecule is Cc1ccc(Nc2ccc(O)cc2)c(C)c1. The number of phenols is 1. The van der Waals surface area contributed by atoms with E-state index in [1.54, 1.807) is 12.1 Å². The van der Waals surface area contributed by atoms with Crippen LogP contribution in [0.4, 0.5) is 11.4 Å². The molecule has 2 heteroatoms. The fourth-order valence-corrected chi connectivity index (χ4v) is 1.65. The highest BCUT2D eigenvalue weighted by molar-refractivity contribution is 5.63. The van der Waals surface area contributed by atoms with Crippen LogP contribution in [0.1, 0.15) is 11.1 Å². The highest BCUT2D eigenvalue weighted by Crippen LogP contribution is 2.22. The Bertz CT molecular complexity index is 489. The van der Waals surface area contributed by atoms with Crippen LogP contribution in [-0.4, -0.2) is 5.11 Å². The van der Waals surface area contributed by atoms with Crippen molar-refractivity contribution in [2.45, 2.75) is 13.8 Å². The predicted octanol–water partition coefficient (Wildman–Crippen LogP) is 3.75. The van der Waals surface area contributed by atoms with Crippen LogP contribution in [0.15, 0.2) is 42.5 Å². The summed E-state index contributed by atoms with van der Waals surface area (Å²) < 4.78 is 0. The Kier molecular flexibility index (Phi) is 2.82. The topological polar surface area (TPSA) is 32.3 Å². The Balaban J connectivity index is 2.23. The molecule has 16 heavy (non-hydrogen) atoms. The first-order valence-electron chi connectivity index (χ1n) is 5.28. The molecule has 82 valence electrons. The fraction of sp³-hybridized carbons (Fsp3) is 0.143. The van der Waals surface area contributed by atoms with E-state index in [9.17, 15) is 5.11 Å². The molecule has 2 rings (SSSR count). The molecule has 0 radical (unpaired) electrons. The first-order chi connectivity index (χ1) is 7.65. The molecule has 0 aliphatic carbocycles. The number of phenolic OH excluding ortho intramolecular Hbond substituents is 1. The molecule has 0 fully saturated rings. The second-order valence-corrected chi connectivity index (χ2v) is 3.99. The van der Waals surface area contributed by atoms with Crippen LogP contribution < -0.4 is 5.32 Å². The van der Waals surface area contributed by atoms with Gasteiger partial charge in [-0.15, -0.1) is 0 Å². The summed E-state index contributed by atoms with van der Waals surface area (Å²) >= 11 is 0. The first kappa shape index (κ1) is 10.6. The van der Waals surface area contributed by atoms with Gasteiger partial charge in [0.1, 0.15) is 5.75 Å². The van der Waals surface area contributed by atoms with Crippen molar-refractivity contribution >= 4 is 11.4 Å². The second kappa shape index (κ2) is 4.27. The molecule has 0 heterocycles. The standard InChI is InChI=1S/C14H15NO/c1-10-3-8-14(11(2)9-10)15-12-4-6-13(16)7-5-12/h3-9,15-16H,1-2H3. The summed E-state index contributed by atoms with van der Waals surface area (Å²) in [7, 11) is 0. The van der Waals surface area contributed by atoms with Crippen LogP contribution in [0.2, 0.25) is 0 Å². The van der Waals surface area contributed by atoms with E-state index in [4.69, 9.17) is 0 Å². The quantitative estimate of drug-likeness (QED) is 0.744. The van der Waals surface area contributed by atoms with Crippen molar-refractivity contribution in [3.8, 4) is 5.75 Å². The Hall–Kier alpha value is -1.96. The molecule has 0 aliphatic rings. The smallest absolute Gasteiger partial charge is 0.115 e. The van der Waals surface area contributed by atoms with Gasteiger partial charge in [0.25, 0.3) is 0 Å². The molecular weight excluding hydrogens is 198 g/mol. The molecule has 0 unspecified atom stereocenters. The fourth-order valence-electron chi connectivity index (χ4n) is 1.65. The third-order valence-corrected chi connectivity index (χ3v) is 2.53. The van der Waals surface area contributed by atoms with Crippen LogP contribution in [0.5, 0.6) is 5.75 Å². The summed E-state index contributed by atoms with van der Waals surface area (Å²) in [6, 6.07) is 13.3. The van der Waals surface area contributed by atoms with E-state index < -0.39 is 0 Å². The molecule has 0 atom stereocenters. The molecule has 2 aromatic carbocycles. The molecule has 2 N–H and O–H groups in total. The second-order valence-electron chi connectivity index (χ2n) is 3.99. The van der Waals surface area contributed by atoms with Gasteiger partial charge in [-0.25, -0.2) is 0 Å². The number of nitrogens with one attached hydrogen (secondary N) is 1. The highest BCUT2D eigenvalue weighted by Gasteiger charge is 1.99. The summed E-state index contributed by atoms with van der Waals surface area (Å²) in [6.07, 6.45) is 0. The van der Waals surface area contributed by atoms with Crippen molar-refractivity contribution in [3.05, 3.63) is 53.6 Å². The van der Waals surface area contributed by atoms with Crippen molar-refractivity contribution < 1.29 is 5.11 Å². The summed E-state index contributed by atoms with van der Waals surface area (Å²) in [5.41, 5.74) is 4.54. The minimum absolute atomic E-state index is 0.283. The van der Waals surface area contributed by atoms with Crippen molar-refractivity contribution in [2.24, 2.45) is 0 Å². The molecule has 2 nitrogen and oxygen atoms in total. The van der Waals surface area contributed by atoms with Gasteiger partial charge in [0.2, 0.25) is 0 Å². The van der Waals surface area contributed by atoms with E-state index >= 15 is 0 Å². The van der Waals surface area contributed by atoms with Gasteiger partial charge in [-0.1, -0.05) is 17.7 Å². The number of hydrogen-bond donors (Lipinski definition) is 2. The molecule has 0 aliphatic heterocycles. The number of aryl methyl sites for hydroxylation is 2. The number of anilines is 2. The zero-order chi connectivity index (χ0) is 11.5. The predicted molar refractivity (Wildman–Crippen MR) is 67.3 cm³/mol. The lowest BCUT2D eigenvalue weighted by atomic mass is 10.1. The van der Waals surface area contributed by atoms with Crippen LogP contribution in [-0.2, 0) is 0 Å². The summed E-state index contributed by atoms with van der Waals surface area (Å²) in [6.45, 7) is 4.16. The van der Waals surface area contributed by atoms with Gasteiger partial charge in [0.05, 0.1) is 0 Å². The number of benzene rings is 2. The molecular formula is C14H15NO. The molecule has 0 amide bonds. The number of aromatic hydroxyl groups is 1. The molecule has 0 saturated heterocycles. The van der Waals surface area contributed by atoms with Gasteiger partial charge in [-0.2, -0.15) is 0 Å². The Morgan fingerprint density at radius 2 is 1.62 bits per heavy atom. The molecule has 0 bridgehead atoms. The van der Waals surface area contributed by atoms with Crippen LogP contribution in [0.3, 0.4) is 0 Å². The van der Waals surface area contributed by atoms with E-state index in [1.165, 1.54) is 11.1 Å². The van der Waals surface area contributed by atoms with Crippen molar-refractivity contribution in [2.75, 3.05) is 5.32 Å². The molecule has 0 saturated carbocycles. The lowest BCUT2D eigenvalue weighted by molar-refractivity contribution is 0.475. The van der Waals surface area contributed by atoms with Crippen LogP contribution in [0.25, 0.3) is 0 Å². The average molecular weight is 213 g/mol. The summed E-state index contributed by atoms with van der Waals surface area (Å²) in [5.74, 6) is 0.283. The Labute approximate surface area is 95.6 Å². The summed E-state index contributed by atoms with van der Waals surface area (Å²) in [4.78, 5) is 0. The molecule has 0 spiro atoms. The van der Waals surface area contributed by atoms with Crippen LogP contribution in [0, 0.1) is 13.8 Å². The number of hydrogen-bond acceptors (Lipinski definition) is 2. The number of rotatable bonds is 2. The van der Waals surface area contributed by atoms with E-state index in [2.05, 4.69) is 37.4 Å².